The van der Waals surface area contributed by atoms with Gasteiger partial charge in [0.25, 0.3) is 0 Å². The topological polar surface area (TPSA) is 71.8 Å². The van der Waals surface area contributed by atoms with Gasteiger partial charge in [0.1, 0.15) is 11.3 Å². The molecule has 1 heterocycles. The number of hydrogen-bond acceptors (Lipinski definition) is 2. The highest BCUT2D eigenvalue weighted by molar-refractivity contribution is 9.11. The van der Waals surface area contributed by atoms with Crippen LogP contribution in [-0.4, -0.2) is 15.9 Å². The first kappa shape index (κ1) is 13.3. The van der Waals surface area contributed by atoms with E-state index in [2.05, 4.69) is 41.8 Å². The van der Waals surface area contributed by atoms with Crippen LogP contribution in [0.5, 0.6) is 0 Å². The van der Waals surface area contributed by atoms with Gasteiger partial charge in [0.2, 0.25) is 5.91 Å². The second kappa shape index (κ2) is 5.03. The van der Waals surface area contributed by atoms with Crippen LogP contribution in [-0.2, 0) is 0 Å². The Kier molecular flexibility index (Phi) is 3.35. The zero-order valence-electron chi connectivity index (χ0n) is 10.2. The first-order valence-electron chi connectivity index (χ1n) is 5.79. The Bertz CT molecular complexity index is 826. The quantitative estimate of drug-likeness (QED) is 0.692. The van der Waals surface area contributed by atoms with E-state index < -0.39 is 5.91 Å². The number of H-pyrrole nitrogens is 1. The van der Waals surface area contributed by atoms with Gasteiger partial charge in [-0.3, -0.25) is 4.79 Å². The lowest BCUT2D eigenvalue weighted by atomic mass is 10.1. The van der Waals surface area contributed by atoms with Crippen molar-refractivity contribution in [3.8, 4) is 11.4 Å². The lowest BCUT2D eigenvalue weighted by Gasteiger charge is -1.99. The van der Waals surface area contributed by atoms with Crippen LogP contribution >= 0.6 is 31.9 Å². The Morgan fingerprint density at radius 1 is 1.20 bits per heavy atom. The van der Waals surface area contributed by atoms with Crippen molar-refractivity contribution in [1.29, 1.82) is 0 Å². The standard InChI is InChI=1S/C14H9Br2N3O/c15-9-5-10(16)12-11(6-9)18-14(19-12)8-3-1-2-7(4-8)13(17)20/h1-6H,(H2,17,20)(H,18,19). The van der Waals surface area contributed by atoms with Gasteiger partial charge in [0, 0.05) is 20.1 Å². The molecule has 0 bridgehead atoms. The van der Waals surface area contributed by atoms with Crippen LogP contribution in [0.15, 0.2) is 45.3 Å². The molecule has 0 aliphatic heterocycles. The molecular formula is C14H9Br2N3O. The summed E-state index contributed by atoms with van der Waals surface area (Å²) in [6.07, 6.45) is 0. The molecule has 0 spiro atoms. The third kappa shape index (κ3) is 2.36. The Morgan fingerprint density at radius 2 is 2.00 bits per heavy atom. The summed E-state index contributed by atoms with van der Waals surface area (Å²) in [4.78, 5) is 19.0. The number of aromatic amines is 1. The molecule has 0 aliphatic carbocycles. The lowest BCUT2D eigenvalue weighted by molar-refractivity contribution is 0.100. The van der Waals surface area contributed by atoms with E-state index in [0.717, 1.165) is 25.5 Å². The summed E-state index contributed by atoms with van der Waals surface area (Å²) in [5, 5.41) is 0. The fourth-order valence-corrected chi connectivity index (χ4v) is 3.31. The highest BCUT2D eigenvalue weighted by Crippen LogP contribution is 2.29. The van der Waals surface area contributed by atoms with Crippen molar-refractivity contribution < 1.29 is 4.79 Å². The Balaban J connectivity index is 2.17. The highest BCUT2D eigenvalue weighted by atomic mass is 79.9. The van der Waals surface area contributed by atoms with Crippen molar-refractivity contribution >= 4 is 48.8 Å². The minimum Gasteiger partial charge on any atom is -0.366 e. The Hall–Kier alpha value is -1.66. The maximum atomic E-state index is 11.2. The summed E-state index contributed by atoms with van der Waals surface area (Å²) in [7, 11) is 0. The van der Waals surface area contributed by atoms with Crippen molar-refractivity contribution in [2.24, 2.45) is 5.73 Å². The van der Waals surface area contributed by atoms with E-state index in [1.54, 1.807) is 18.2 Å². The van der Waals surface area contributed by atoms with E-state index in [4.69, 9.17) is 5.73 Å². The average Bonchev–Trinajstić information content (AvgIpc) is 2.83. The monoisotopic (exact) mass is 393 g/mol. The highest BCUT2D eigenvalue weighted by Gasteiger charge is 2.10. The van der Waals surface area contributed by atoms with Crippen molar-refractivity contribution in [2.75, 3.05) is 0 Å². The zero-order valence-corrected chi connectivity index (χ0v) is 13.3. The van der Waals surface area contributed by atoms with Gasteiger partial charge in [-0.1, -0.05) is 28.1 Å². The molecule has 4 nitrogen and oxygen atoms in total. The number of nitrogens with zero attached hydrogens (tertiary/aromatic N) is 1. The van der Waals surface area contributed by atoms with Crippen LogP contribution in [0.25, 0.3) is 22.4 Å². The van der Waals surface area contributed by atoms with Crippen LogP contribution in [0.2, 0.25) is 0 Å². The number of rotatable bonds is 2. The van der Waals surface area contributed by atoms with Crippen molar-refractivity contribution in [3.05, 3.63) is 50.9 Å². The van der Waals surface area contributed by atoms with Crippen LogP contribution in [0, 0.1) is 0 Å². The largest absolute Gasteiger partial charge is 0.366 e. The van der Waals surface area contributed by atoms with Gasteiger partial charge in [-0.15, -0.1) is 0 Å². The maximum absolute atomic E-state index is 11.2. The minimum absolute atomic E-state index is 0.452. The molecule has 100 valence electrons. The summed E-state index contributed by atoms with van der Waals surface area (Å²) in [6.45, 7) is 0. The number of primary amides is 1. The van der Waals surface area contributed by atoms with E-state index >= 15 is 0 Å². The van der Waals surface area contributed by atoms with Crippen molar-refractivity contribution in [3.63, 3.8) is 0 Å². The Labute approximate surface area is 131 Å². The predicted octanol–water partition coefficient (Wildman–Crippen LogP) is 3.85. The molecule has 3 aromatic rings. The summed E-state index contributed by atoms with van der Waals surface area (Å²) in [5.41, 5.74) is 8.33. The molecule has 3 rings (SSSR count). The van der Waals surface area contributed by atoms with Crippen molar-refractivity contribution in [1.82, 2.24) is 9.97 Å². The number of imidazole rings is 1. The molecule has 6 heteroatoms. The summed E-state index contributed by atoms with van der Waals surface area (Å²) in [5.74, 6) is 0.244. The first-order valence-corrected chi connectivity index (χ1v) is 7.38. The molecule has 0 fully saturated rings. The van der Waals surface area contributed by atoms with Crippen LogP contribution < -0.4 is 5.73 Å². The van der Waals surface area contributed by atoms with Gasteiger partial charge in [-0.25, -0.2) is 4.98 Å². The predicted molar refractivity (Wildman–Crippen MR) is 85.4 cm³/mol. The third-order valence-electron chi connectivity index (χ3n) is 2.93. The molecule has 0 atom stereocenters. The van der Waals surface area contributed by atoms with Gasteiger partial charge in [0.05, 0.1) is 5.52 Å². The molecule has 0 radical (unpaired) electrons. The number of hydrogen-bond donors (Lipinski definition) is 2. The smallest absolute Gasteiger partial charge is 0.248 e. The van der Waals surface area contributed by atoms with Gasteiger partial charge in [-0.05, 0) is 40.2 Å². The number of amides is 1. The molecule has 1 aromatic heterocycles. The number of carbonyl (C=O) groups excluding carboxylic acids is 1. The maximum Gasteiger partial charge on any atom is 0.248 e. The molecular weight excluding hydrogens is 386 g/mol. The minimum atomic E-state index is -0.452. The van der Waals surface area contributed by atoms with E-state index in [1.165, 1.54) is 0 Å². The molecule has 1 amide bonds. The van der Waals surface area contributed by atoms with Crippen LogP contribution in [0.1, 0.15) is 10.4 Å². The lowest BCUT2D eigenvalue weighted by Crippen LogP contribution is -2.10. The summed E-state index contributed by atoms with van der Waals surface area (Å²) in [6, 6.07) is 11.0. The molecule has 0 aliphatic rings. The number of nitrogens with two attached hydrogens (primary N) is 1. The fraction of sp³-hybridized carbons (Fsp3) is 0. The number of fused-ring (bicyclic) bond motifs is 1. The van der Waals surface area contributed by atoms with Crippen molar-refractivity contribution in [2.45, 2.75) is 0 Å². The van der Waals surface area contributed by atoms with E-state index in [0.29, 0.717) is 11.4 Å². The number of benzene rings is 2. The van der Waals surface area contributed by atoms with E-state index in [1.807, 2.05) is 18.2 Å². The normalized spacial score (nSPS) is 10.9. The zero-order chi connectivity index (χ0) is 14.3. The third-order valence-corrected chi connectivity index (χ3v) is 3.99. The fourth-order valence-electron chi connectivity index (χ4n) is 2.00. The number of nitrogens with one attached hydrogen (secondary N) is 1. The molecule has 0 saturated heterocycles. The number of halogens is 2. The van der Waals surface area contributed by atoms with Crippen LogP contribution in [0.4, 0.5) is 0 Å². The summed E-state index contributed by atoms with van der Waals surface area (Å²) >= 11 is 6.93. The second-order valence-corrected chi connectivity index (χ2v) is 6.08. The molecule has 3 N–H and O–H groups in total. The SMILES string of the molecule is NC(=O)c1cccc(-c2nc3c(Br)cc(Br)cc3[nH]2)c1. The van der Waals surface area contributed by atoms with E-state index in [-0.39, 0.29) is 0 Å². The van der Waals surface area contributed by atoms with Gasteiger partial charge < -0.3 is 10.7 Å². The molecule has 0 saturated carbocycles. The molecule has 20 heavy (non-hydrogen) atoms. The van der Waals surface area contributed by atoms with Gasteiger partial charge in [-0.2, -0.15) is 0 Å². The van der Waals surface area contributed by atoms with Gasteiger partial charge >= 0.3 is 0 Å². The summed E-state index contributed by atoms with van der Waals surface area (Å²) < 4.78 is 1.85. The second-order valence-electron chi connectivity index (χ2n) is 4.31. The number of carbonyl (C=O) groups is 1. The molecule has 2 aromatic carbocycles. The molecule has 0 unspecified atom stereocenters. The average molecular weight is 395 g/mol. The Morgan fingerprint density at radius 3 is 2.75 bits per heavy atom. The van der Waals surface area contributed by atoms with Gasteiger partial charge in [0.15, 0.2) is 0 Å². The van der Waals surface area contributed by atoms with Crippen LogP contribution in [0.3, 0.4) is 0 Å². The van der Waals surface area contributed by atoms with E-state index in [9.17, 15) is 4.79 Å². The number of aromatic nitrogens is 2. The first-order chi connectivity index (χ1) is 9.54.